The lowest BCUT2D eigenvalue weighted by Gasteiger charge is -2.00. The van der Waals surface area contributed by atoms with E-state index in [4.69, 9.17) is 5.73 Å². The van der Waals surface area contributed by atoms with E-state index in [1.54, 1.807) is 13.8 Å². The van der Waals surface area contributed by atoms with E-state index in [1.165, 1.54) is 4.57 Å². The molecule has 16 heavy (non-hydrogen) atoms. The third-order valence-corrected chi connectivity index (χ3v) is 2.40. The summed E-state index contributed by atoms with van der Waals surface area (Å²) in [5.74, 6) is 0.494. The number of hydrogen-bond acceptors (Lipinski definition) is 4. The molecule has 0 bridgehead atoms. The summed E-state index contributed by atoms with van der Waals surface area (Å²) in [7, 11) is 0. The fourth-order valence-corrected chi connectivity index (χ4v) is 1.57. The summed E-state index contributed by atoms with van der Waals surface area (Å²) >= 11 is 0. The van der Waals surface area contributed by atoms with Crippen molar-refractivity contribution in [2.75, 3.05) is 0 Å². The van der Waals surface area contributed by atoms with Crippen LogP contribution in [0.4, 0.5) is 0 Å². The third kappa shape index (κ3) is 1.45. The van der Waals surface area contributed by atoms with Gasteiger partial charge >= 0.3 is 5.69 Å². The van der Waals surface area contributed by atoms with Crippen molar-refractivity contribution in [3.63, 3.8) is 0 Å². The lowest BCUT2D eigenvalue weighted by Crippen LogP contribution is -2.29. The molecule has 0 saturated carbocycles. The summed E-state index contributed by atoms with van der Waals surface area (Å²) in [5, 5.41) is 0. The number of aromatic nitrogens is 4. The number of rotatable bonds is 2. The van der Waals surface area contributed by atoms with Crippen molar-refractivity contribution in [1.82, 2.24) is 19.5 Å². The van der Waals surface area contributed by atoms with Gasteiger partial charge < -0.3 is 10.7 Å². The van der Waals surface area contributed by atoms with Crippen molar-refractivity contribution in [3.8, 4) is 0 Å². The van der Waals surface area contributed by atoms with Gasteiger partial charge in [0.2, 0.25) is 0 Å². The van der Waals surface area contributed by atoms with E-state index < -0.39 is 11.2 Å². The van der Waals surface area contributed by atoms with Crippen molar-refractivity contribution in [1.29, 1.82) is 0 Å². The first-order valence-electron chi connectivity index (χ1n) is 5.03. The van der Waals surface area contributed by atoms with Crippen LogP contribution in [0.2, 0.25) is 0 Å². The van der Waals surface area contributed by atoms with Gasteiger partial charge in [-0.3, -0.25) is 14.3 Å². The number of nitrogens with zero attached hydrogens (tertiary/aromatic N) is 2. The topological polar surface area (TPSA) is 110 Å². The fraction of sp³-hybridized carbons (Fsp3) is 0.444. The molecular formula is C9H13N5O2. The molecule has 0 amide bonds. The Bertz CT molecular complexity index is 633. The van der Waals surface area contributed by atoms with Crippen LogP contribution in [-0.4, -0.2) is 19.5 Å². The van der Waals surface area contributed by atoms with E-state index in [0.29, 0.717) is 18.0 Å². The fourth-order valence-electron chi connectivity index (χ4n) is 1.57. The number of fused-ring (bicyclic) bond motifs is 1. The van der Waals surface area contributed by atoms with Gasteiger partial charge in [-0.15, -0.1) is 0 Å². The highest BCUT2D eigenvalue weighted by Crippen LogP contribution is 2.09. The second-order valence-corrected chi connectivity index (χ2v) is 3.61. The molecule has 0 radical (unpaired) electrons. The number of hydrogen-bond donors (Lipinski definition) is 3. The Hall–Kier alpha value is -1.89. The largest absolute Gasteiger partial charge is 0.335 e. The molecule has 0 fully saturated rings. The highest BCUT2D eigenvalue weighted by Gasteiger charge is 2.13. The van der Waals surface area contributed by atoms with E-state index in [-0.39, 0.29) is 11.6 Å². The predicted molar refractivity (Wildman–Crippen MR) is 59.3 cm³/mol. The highest BCUT2D eigenvalue weighted by molar-refractivity contribution is 5.69. The number of aryl methyl sites for hydroxylation is 1. The maximum absolute atomic E-state index is 11.5. The molecule has 2 aromatic heterocycles. The first-order valence-corrected chi connectivity index (χ1v) is 5.03. The molecule has 1 unspecified atom stereocenters. The van der Waals surface area contributed by atoms with Crippen molar-refractivity contribution in [2.45, 2.75) is 26.4 Å². The van der Waals surface area contributed by atoms with Gasteiger partial charge in [0.15, 0.2) is 5.65 Å². The molecule has 2 heterocycles. The van der Waals surface area contributed by atoms with Crippen LogP contribution in [0.3, 0.4) is 0 Å². The van der Waals surface area contributed by atoms with Crippen LogP contribution in [0.1, 0.15) is 25.7 Å². The summed E-state index contributed by atoms with van der Waals surface area (Å²) in [6.07, 6.45) is 0. The minimum Gasteiger partial charge on any atom is -0.335 e. The van der Waals surface area contributed by atoms with Crippen molar-refractivity contribution >= 4 is 11.2 Å². The third-order valence-electron chi connectivity index (χ3n) is 2.40. The molecule has 0 aromatic carbocycles. The summed E-state index contributed by atoms with van der Waals surface area (Å²) in [6.45, 7) is 4.00. The van der Waals surface area contributed by atoms with Gasteiger partial charge in [-0.1, -0.05) is 0 Å². The zero-order chi connectivity index (χ0) is 11.9. The van der Waals surface area contributed by atoms with Gasteiger partial charge in [0, 0.05) is 6.54 Å². The van der Waals surface area contributed by atoms with Gasteiger partial charge in [0.05, 0.1) is 6.04 Å². The molecular weight excluding hydrogens is 210 g/mol. The Morgan fingerprint density at radius 3 is 2.69 bits per heavy atom. The standard InChI is InChI=1S/C9H13N5O2/c1-3-14-7-5(8(15)13-9(14)16)11-6(12-7)4(2)10/h4H,3,10H2,1-2H3,(H,11,12)(H,13,15,16). The van der Waals surface area contributed by atoms with Crippen molar-refractivity contribution in [2.24, 2.45) is 5.73 Å². The summed E-state index contributed by atoms with van der Waals surface area (Å²) in [6, 6.07) is -0.313. The molecule has 0 spiro atoms. The Labute approximate surface area is 90.3 Å². The predicted octanol–water partition coefficient (Wildman–Crippen LogP) is -0.547. The van der Waals surface area contributed by atoms with Gasteiger partial charge in [0.1, 0.15) is 11.3 Å². The number of nitrogens with one attached hydrogen (secondary N) is 2. The monoisotopic (exact) mass is 223 g/mol. The minimum atomic E-state index is -0.468. The van der Waals surface area contributed by atoms with E-state index in [9.17, 15) is 9.59 Å². The van der Waals surface area contributed by atoms with E-state index in [0.717, 1.165) is 0 Å². The van der Waals surface area contributed by atoms with Crippen LogP contribution < -0.4 is 17.0 Å². The van der Waals surface area contributed by atoms with Gasteiger partial charge in [-0.2, -0.15) is 0 Å². The SMILES string of the molecule is CCn1c(=O)[nH]c(=O)c2[nH]c(C(C)N)nc21. The summed E-state index contributed by atoms with van der Waals surface area (Å²) < 4.78 is 1.39. The number of H-pyrrole nitrogens is 2. The van der Waals surface area contributed by atoms with Crippen LogP contribution in [0, 0.1) is 0 Å². The average molecular weight is 223 g/mol. The van der Waals surface area contributed by atoms with Crippen LogP contribution in [0.5, 0.6) is 0 Å². The van der Waals surface area contributed by atoms with E-state index >= 15 is 0 Å². The first kappa shape index (κ1) is 10.6. The molecule has 2 rings (SSSR count). The molecule has 0 aliphatic carbocycles. The first-order chi connectivity index (χ1) is 7.54. The maximum atomic E-state index is 11.5. The lowest BCUT2D eigenvalue weighted by molar-refractivity contribution is 0.713. The summed E-state index contributed by atoms with van der Waals surface area (Å²) in [4.78, 5) is 32.2. The molecule has 1 atom stereocenters. The lowest BCUT2D eigenvalue weighted by atomic mass is 10.3. The second-order valence-electron chi connectivity index (χ2n) is 3.61. The molecule has 4 N–H and O–H groups in total. The van der Waals surface area contributed by atoms with Gasteiger partial charge in [-0.25, -0.2) is 9.78 Å². The van der Waals surface area contributed by atoms with Crippen molar-refractivity contribution < 1.29 is 0 Å². The summed E-state index contributed by atoms with van der Waals surface area (Å²) in [5.41, 5.74) is 5.38. The van der Waals surface area contributed by atoms with E-state index in [1.807, 2.05) is 0 Å². The number of aromatic amines is 2. The number of nitrogens with two attached hydrogens (primary N) is 1. The number of imidazole rings is 1. The van der Waals surface area contributed by atoms with Gasteiger partial charge in [-0.05, 0) is 13.8 Å². The molecule has 86 valence electrons. The maximum Gasteiger partial charge on any atom is 0.330 e. The minimum absolute atomic E-state index is 0.286. The van der Waals surface area contributed by atoms with Crippen LogP contribution in [-0.2, 0) is 6.54 Å². The zero-order valence-electron chi connectivity index (χ0n) is 9.07. The molecule has 0 saturated heterocycles. The quantitative estimate of drug-likeness (QED) is 0.634. The van der Waals surface area contributed by atoms with E-state index in [2.05, 4.69) is 15.0 Å². The Morgan fingerprint density at radius 2 is 2.12 bits per heavy atom. The molecule has 2 aromatic rings. The van der Waals surface area contributed by atoms with Crippen LogP contribution in [0.15, 0.2) is 9.59 Å². The average Bonchev–Trinajstić information content (AvgIpc) is 2.63. The van der Waals surface area contributed by atoms with Crippen LogP contribution in [0.25, 0.3) is 11.2 Å². The van der Waals surface area contributed by atoms with Gasteiger partial charge in [0.25, 0.3) is 5.56 Å². The Morgan fingerprint density at radius 1 is 1.44 bits per heavy atom. The normalized spacial score (nSPS) is 13.2. The van der Waals surface area contributed by atoms with Crippen molar-refractivity contribution in [3.05, 3.63) is 26.7 Å². The molecule has 7 heteroatoms. The van der Waals surface area contributed by atoms with Crippen LogP contribution >= 0.6 is 0 Å². The highest BCUT2D eigenvalue weighted by atomic mass is 16.2. The second kappa shape index (κ2) is 3.60. The molecule has 0 aliphatic heterocycles. The molecule has 0 aliphatic rings. The molecule has 7 nitrogen and oxygen atoms in total. The Kier molecular flexibility index (Phi) is 2.39. The smallest absolute Gasteiger partial charge is 0.330 e. The zero-order valence-corrected chi connectivity index (χ0v) is 9.07. The Balaban J connectivity index is 2.89.